The highest BCUT2D eigenvalue weighted by Crippen LogP contribution is 2.33. The Morgan fingerprint density at radius 1 is 1.21 bits per heavy atom. The molecule has 1 aromatic heterocycles. The third kappa shape index (κ3) is 1.20. The van der Waals surface area contributed by atoms with E-state index in [1.165, 1.54) is 12.1 Å². The van der Waals surface area contributed by atoms with Crippen LogP contribution in [0.1, 0.15) is 11.7 Å². The SMILES string of the molecule is [CH2]C(O)c1c[nH]c2cc(O)c(O)cc12. The van der Waals surface area contributed by atoms with Crippen LogP contribution in [-0.2, 0) is 0 Å². The molecule has 0 saturated heterocycles. The Kier molecular flexibility index (Phi) is 1.86. The number of H-pyrrole nitrogens is 1. The first kappa shape index (κ1) is 8.90. The van der Waals surface area contributed by atoms with Crippen LogP contribution in [0.5, 0.6) is 11.5 Å². The molecule has 2 aromatic rings. The summed E-state index contributed by atoms with van der Waals surface area (Å²) in [5.74, 6) is -0.400. The smallest absolute Gasteiger partial charge is 0.159 e. The van der Waals surface area contributed by atoms with Gasteiger partial charge in [-0.2, -0.15) is 0 Å². The number of rotatable bonds is 1. The molecule has 1 aromatic carbocycles. The first-order chi connectivity index (χ1) is 6.59. The second-order valence-electron chi connectivity index (χ2n) is 3.15. The summed E-state index contributed by atoms with van der Waals surface area (Å²) in [6, 6.07) is 2.79. The fourth-order valence-electron chi connectivity index (χ4n) is 1.44. The van der Waals surface area contributed by atoms with Crippen LogP contribution in [0.2, 0.25) is 0 Å². The number of aromatic nitrogens is 1. The van der Waals surface area contributed by atoms with Crippen molar-refractivity contribution in [2.45, 2.75) is 6.10 Å². The molecular formula is C10H10NO3. The van der Waals surface area contributed by atoms with E-state index in [1.807, 2.05) is 0 Å². The van der Waals surface area contributed by atoms with E-state index in [0.717, 1.165) is 0 Å². The van der Waals surface area contributed by atoms with Gasteiger partial charge in [0, 0.05) is 28.7 Å². The van der Waals surface area contributed by atoms with Gasteiger partial charge in [0.1, 0.15) is 0 Å². The van der Waals surface area contributed by atoms with E-state index >= 15 is 0 Å². The van der Waals surface area contributed by atoms with Crippen molar-refractivity contribution in [3.63, 3.8) is 0 Å². The summed E-state index contributed by atoms with van der Waals surface area (Å²) in [5.41, 5.74) is 1.24. The van der Waals surface area contributed by atoms with Gasteiger partial charge >= 0.3 is 0 Å². The Labute approximate surface area is 80.4 Å². The summed E-state index contributed by atoms with van der Waals surface area (Å²) in [5, 5.41) is 28.4. The van der Waals surface area contributed by atoms with Crippen molar-refractivity contribution in [1.82, 2.24) is 4.98 Å². The maximum absolute atomic E-state index is 9.30. The van der Waals surface area contributed by atoms with E-state index in [4.69, 9.17) is 0 Å². The van der Waals surface area contributed by atoms with Crippen molar-refractivity contribution >= 4 is 10.9 Å². The van der Waals surface area contributed by atoms with Gasteiger partial charge in [0.25, 0.3) is 0 Å². The highest BCUT2D eigenvalue weighted by atomic mass is 16.3. The van der Waals surface area contributed by atoms with Crippen LogP contribution in [0.3, 0.4) is 0 Å². The summed E-state index contributed by atoms with van der Waals surface area (Å²) >= 11 is 0. The number of aliphatic hydroxyl groups excluding tert-OH is 1. The van der Waals surface area contributed by atoms with Gasteiger partial charge in [-0.1, -0.05) is 0 Å². The second-order valence-corrected chi connectivity index (χ2v) is 3.15. The summed E-state index contributed by atoms with van der Waals surface area (Å²) in [6.07, 6.45) is 0.744. The molecule has 4 N–H and O–H groups in total. The number of phenolic OH excluding ortho intramolecular Hbond substituents is 2. The number of hydrogen-bond acceptors (Lipinski definition) is 3. The third-order valence-electron chi connectivity index (χ3n) is 2.17. The molecule has 0 aliphatic carbocycles. The number of aliphatic hydroxyl groups is 1. The minimum Gasteiger partial charge on any atom is -0.504 e. The highest BCUT2D eigenvalue weighted by molar-refractivity contribution is 5.86. The lowest BCUT2D eigenvalue weighted by atomic mass is 10.1. The largest absolute Gasteiger partial charge is 0.504 e. The van der Waals surface area contributed by atoms with Crippen molar-refractivity contribution in [2.24, 2.45) is 0 Å². The second kappa shape index (κ2) is 2.92. The molecule has 0 saturated carbocycles. The topological polar surface area (TPSA) is 76.5 Å². The van der Waals surface area contributed by atoms with E-state index in [2.05, 4.69) is 11.9 Å². The molecule has 0 bridgehead atoms. The lowest BCUT2D eigenvalue weighted by Gasteiger charge is -2.02. The molecule has 1 radical (unpaired) electrons. The number of fused-ring (bicyclic) bond motifs is 1. The van der Waals surface area contributed by atoms with E-state index in [9.17, 15) is 15.3 Å². The first-order valence-electron chi connectivity index (χ1n) is 4.13. The number of aromatic amines is 1. The van der Waals surface area contributed by atoms with Crippen LogP contribution in [0.25, 0.3) is 10.9 Å². The lowest BCUT2D eigenvalue weighted by Crippen LogP contribution is -1.88. The summed E-state index contributed by atoms with van der Waals surface area (Å²) in [6.45, 7) is 3.47. The summed E-state index contributed by atoms with van der Waals surface area (Å²) in [4.78, 5) is 2.87. The lowest BCUT2D eigenvalue weighted by molar-refractivity contribution is 0.227. The minimum atomic E-state index is -0.854. The van der Waals surface area contributed by atoms with Gasteiger partial charge in [-0.15, -0.1) is 0 Å². The van der Waals surface area contributed by atoms with Crippen LogP contribution in [-0.4, -0.2) is 20.3 Å². The highest BCUT2D eigenvalue weighted by Gasteiger charge is 2.11. The van der Waals surface area contributed by atoms with Crippen molar-refractivity contribution < 1.29 is 15.3 Å². The summed E-state index contributed by atoms with van der Waals surface area (Å²) < 4.78 is 0. The molecule has 14 heavy (non-hydrogen) atoms. The molecule has 1 heterocycles. The molecule has 4 heteroatoms. The molecule has 1 atom stereocenters. The van der Waals surface area contributed by atoms with Gasteiger partial charge in [-0.25, -0.2) is 0 Å². The molecule has 0 aliphatic rings. The standard InChI is InChI=1S/C10H10NO3/c1-5(12)7-4-11-8-3-10(14)9(13)2-6(7)8/h2-5,11-14H,1H2. The quantitative estimate of drug-likeness (QED) is 0.516. The van der Waals surface area contributed by atoms with Crippen LogP contribution in [0.15, 0.2) is 18.3 Å². The number of aromatic hydroxyl groups is 2. The minimum absolute atomic E-state index is 0.190. The molecule has 73 valence electrons. The number of phenols is 2. The van der Waals surface area contributed by atoms with Gasteiger partial charge < -0.3 is 20.3 Å². The normalized spacial score (nSPS) is 13.3. The van der Waals surface area contributed by atoms with Gasteiger partial charge in [-0.3, -0.25) is 0 Å². The Morgan fingerprint density at radius 2 is 1.86 bits per heavy atom. The van der Waals surface area contributed by atoms with Crippen LogP contribution in [0.4, 0.5) is 0 Å². The maximum atomic E-state index is 9.30. The average molecular weight is 192 g/mol. The fraction of sp³-hybridized carbons (Fsp3) is 0.100. The first-order valence-corrected chi connectivity index (χ1v) is 4.13. The van der Waals surface area contributed by atoms with Gasteiger partial charge in [-0.05, 0) is 13.0 Å². The van der Waals surface area contributed by atoms with Crippen LogP contribution in [0, 0.1) is 6.92 Å². The van der Waals surface area contributed by atoms with E-state index in [0.29, 0.717) is 16.5 Å². The van der Waals surface area contributed by atoms with Gasteiger partial charge in [0.2, 0.25) is 0 Å². The predicted octanol–water partition coefficient (Wildman–Crippen LogP) is 1.45. The molecule has 0 aliphatic heterocycles. The number of hydrogen-bond donors (Lipinski definition) is 4. The molecule has 4 nitrogen and oxygen atoms in total. The maximum Gasteiger partial charge on any atom is 0.159 e. The van der Waals surface area contributed by atoms with Gasteiger partial charge in [0.05, 0.1) is 6.10 Å². The number of benzene rings is 1. The van der Waals surface area contributed by atoms with E-state index < -0.39 is 6.10 Å². The zero-order chi connectivity index (χ0) is 10.3. The molecule has 1 unspecified atom stereocenters. The Bertz CT molecular complexity index is 473. The zero-order valence-corrected chi connectivity index (χ0v) is 7.36. The molecule has 0 amide bonds. The fourth-order valence-corrected chi connectivity index (χ4v) is 1.44. The van der Waals surface area contributed by atoms with Crippen molar-refractivity contribution in [3.05, 3.63) is 30.8 Å². The molecule has 2 rings (SSSR count). The van der Waals surface area contributed by atoms with Crippen molar-refractivity contribution in [2.75, 3.05) is 0 Å². The predicted molar refractivity (Wildman–Crippen MR) is 51.9 cm³/mol. The molecular weight excluding hydrogens is 182 g/mol. The van der Waals surface area contributed by atoms with Gasteiger partial charge in [0.15, 0.2) is 11.5 Å². The van der Waals surface area contributed by atoms with E-state index in [-0.39, 0.29) is 11.5 Å². The summed E-state index contributed by atoms with van der Waals surface area (Å²) in [7, 11) is 0. The Morgan fingerprint density at radius 3 is 2.50 bits per heavy atom. The van der Waals surface area contributed by atoms with Crippen LogP contribution >= 0.6 is 0 Å². The Hall–Kier alpha value is -1.68. The molecule has 0 fully saturated rings. The monoisotopic (exact) mass is 192 g/mol. The van der Waals surface area contributed by atoms with Crippen LogP contribution < -0.4 is 0 Å². The molecule has 0 spiro atoms. The Balaban J connectivity index is 2.74. The average Bonchev–Trinajstić information content (AvgIpc) is 2.48. The number of nitrogens with one attached hydrogen (secondary N) is 1. The van der Waals surface area contributed by atoms with E-state index in [1.54, 1.807) is 6.20 Å². The third-order valence-corrected chi connectivity index (χ3v) is 2.17. The van der Waals surface area contributed by atoms with Crippen molar-refractivity contribution in [1.29, 1.82) is 0 Å². The zero-order valence-electron chi connectivity index (χ0n) is 7.36. The van der Waals surface area contributed by atoms with Crippen molar-refractivity contribution in [3.8, 4) is 11.5 Å².